The first-order valence-electron chi connectivity index (χ1n) is 9.76. The number of carbonyl (C=O) groups is 1. The van der Waals surface area contributed by atoms with Crippen LogP contribution in [0.2, 0.25) is 0 Å². The second-order valence-electron chi connectivity index (χ2n) is 7.67. The average Bonchev–Trinajstić information content (AvgIpc) is 3.35. The number of benzene rings is 1. The number of H-pyrrole nitrogens is 1. The number of hydrogen-bond donors (Lipinski definition) is 2. The van der Waals surface area contributed by atoms with Gasteiger partial charge in [0.1, 0.15) is 11.3 Å². The van der Waals surface area contributed by atoms with Crippen molar-refractivity contribution in [2.45, 2.75) is 30.4 Å². The molecule has 29 heavy (non-hydrogen) atoms. The molecular weight excluding hydrogens is 396 g/mol. The zero-order valence-corrected chi connectivity index (χ0v) is 17.4. The number of rotatable bonds is 4. The third-order valence-corrected chi connectivity index (χ3v) is 7.38. The van der Waals surface area contributed by atoms with E-state index < -0.39 is 15.1 Å². The van der Waals surface area contributed by atoms with Crippen LogP contribution in [0.5, 0.6) is 5.75 Å². The molecular formula is C19H26N4O5S. The van der Waals surface area contributed by atoms with Crippen molar-refractivity contribution in [3.63, 3.8) is 0 Å². The summed E-state index contributed by atoms with van der Waals surface area (Å²) in [6.07, 6.45) is 3.52. The summed E-state index contributed by atoms with van der Waals surface area (Å²) in [7, 11) is -1.57. The molecule has 158 valence electrons. The van der Waals surface area contributed by atoms with Gasteiger partial charge in [-0.2, -0.15) is 0 Å². The van der Waals surface area contributed by atoms with Crippen LogP contribution in [0.1, 0.15) is 30.7 Å². The van der Waals surface area contributed by atoms with Crippen LogP contribution >= 0.6 is 0 Å². The Hall–Kier alpha value is -2.33. The number of sulfone groups is 1. The fourth-order valence-corrected chi connectivity index (χ4v) is 5.08. The van der Waals surface area contributed by atoms with E-state index in [0.29, 0.717) is 30.6 Å². The molecule has 3 heterocycles. The molecule has 0 saturated carbocycles. The summed E-state index contributed by atoms with van der Waals surface area (Å²) >= 11 is 0. The predicted octanol–water partition coefficient (Wildman–Crippen LogP) is 2.12. The quantitative estimate of drug-likeness (QED) is 0.780. The van der Waals surface area contributed by atoms with E-state index >= 15 is 0 Å². The van der Waals surface area contributed by atoms with Gasteiger partial charge in [0.15, 0.2) is 9.84 Å². The minimum absolute atomic E-state index is 0.196. The third kappa shape index (κ3) is 4.04. The molecule has 4 rings (SSSR count). The summed E-state index contributed by atoms with van der Waals surface area (Å²) in [6, 6.07) is 3.58. The van der Waals surface area contributed by atoms with Gasteiger partial charge in [-0.25, -0.2) is 18.2 Å². The van der Waals surface area contributed by atoms with Crippen LogP contribution in [0.15, 0.2) is 12.1 Å². The number of fused-ring (bicyclic) bond motifs is 1. The molecule has 10 heteroatoms. The van der Waals surface area contributed by atoms with Crippen LogP contribution in [-0.2, 0) is 14.6 Å². The number of imidazole rings is 1. The second-order valence-corrected chi connectivity index (χ2v) is 9.99. The lowest BCUT2D eigenvalue weighted by Gasteiger charge is -2.22. The Bertz CT molecular complexity index is 1010. The Kier molecular flexibility index (Phi) is 5.39. The molecule has 0 radical (unpaired) electrons. The smallest absolute Gasteiger partial charge is 0.324 e. The molecule has 1 atom stereocenters. The van der Waals surface area contributed by atoms with Gasteiger partial charge in [0.05, 0.1) is 17.9 Å². The molecule has 2 amide bonds. The second kappa shape index (κ2) is 7.83. The minimum atomic E-state index is -3.16. The van der Waals surface area contributed by atoms with Gasteiger partial charge in [-0.3, -0.25) is 5.32 Å². The summed E-state index contributed by atoms with van der Waals surface area (Å²) in [5, 5.41) is 2.26. The first kappa shape index (κ1) is 20.0. The molecule has 1 aromatic carbocycles. The van der Waals surface area contributed by atoms with E-state index in [9.17, 15) is 13.2 Å². The number of urea groups is 1. The molecule has 0 bridgehead atoms. The van der Waals surface area contributed by atoms with E-state index in [-0.39, 0.29) is 12.6 Å². The summed E-state index contributed by atoms with van der Waals surface area (Å²) in [4.78, 5) is 21.9. The topological polar surface area (TPSA) is 114 Å². The molecule has 2 fully saturated rings. The van der Waals surface area contributed by atoms with Gasteiger partial charge < -0.3 is 19.4 Å². The zero-order valence-electron chi connectivity index (χ0n) is 16.6. The van der Waals surface area contributed by atoms with Crippen molar-refractivity contribution in [1.82, 2.24) is 14.9 Å². The molecule has 2 aliphatic rings. The Balaban J connectivity index is 1.57. The highest BCUT2D eigenvalue weighted by molar-refractivity contribution is 7.91. The number of ether oxygens (including phenoxy) is 2. The highest BCUT2D eigenvalue weighted by Crippen LogP contribution is 2.36. The van der Waals surface area contributed by atoms with Gasteiger partial charge in [-0.05, 0) is 36.8 Å². The van der Waals surface area contributed by atoms with E-state index in [0.717, 1.165) is 42.7 Å². The summed E-state index contributed by atoms with van der Waals surface area (Å²) in [5.74, 6) is 1.32. The Morgan fingerprint density at radius 2 is 2.07 bits per heavy atom. The molecule has 2 N–H and O–H groups in total. The van der Waals surface area contributed by atoms with Crippen LogP contribution in [0.4, 0.5) is 10.7 Å². The number of carbonyl (C=O) groups excluding carboxylic acids is 1. The Morgan fingerprint density at radius 1 is 1.31 bits per heavy atom. The Labute approximate surface area is 169 Å². The molecule has 2 saturated heterocycles. The number of nitrogens with zero attached hydrogens (tertiary/aromatic N) is 2. The molecule has 9 nitrogen and oxygen atoms in total. The zero-order chi connectivity index (χ0) is 20.6. The molecule has 1 aromatic heterocycles. The standard InChI is InChI=1S/C19H26N4O5S/c1-27-15-4-3-14(12-6-9-28-10-7-12)16-17(15)21-18(20-16)22-19(24)23-8-5-13(11-23)29(2,25)26/h3-4,12-13H,5-11H2,1-2H3,(H2,20,21,22,24)/t13-/m0/s1. The lowest BCUT2D eigenvalue weighted by atomic mass is 9.90. The summed E-state index contributed by atoms with van der Waals surface area (Å²) in [5.41, 5.74) is 2.63. The molecule has 2 aliphatic heterocycles. The van der Waals surface area contributed by atoms with Crippen molar-refractivity contribution in [1.29, 1.82) is 0 Å². The van der Waals surface area contributed by atoms with Crippen LogP contribution < -0.4 is 10.1 Å². The van der Waals surface area contributed by atoms with E-state index in [1.54, 1.807) is 7.11 Å². The number of aromatic nitrogens is 2. The van der Waals surface area contributed by atoms with Gasteiger partial charge >= 0.3 is 6.03 Å². The highest BCUT2D eigenvalue weighted by atomic mass is 32.2. The summed E-state index contributed by atoms with van der Waals surface area (Å²) < 4.78 is 34.4. The minimum Gasteiger partial charge on any atom is -0.494 e. The SMILES string of the molecule is COc1ccc(C2CCOCC2)c2nc(NC(=O)N3CC[C@H](S(C)(=O)=O)C3)[nH]c12. The van der Waals surface area contributed by atoms with Crippen LogP contribution in [0.25, 0.3) is 11.0 Å². The summed E-state index contributed by atoms with van der Waals surface area (Å²) in [6.45, 7) is 2.05. The first-order chi connectivity index (χ1) is 13.9. The number of amides is 2. The number of hydrogen-bond acceptors (Lipinski definition) is 6. The van der Waals surface area contributed by atoms with Gasteiger partial charge in [0, 0.05) is 32.6 Å². The van der Waals surface area contributed by atoms with Gasteiger partial charge in [0.2, 0.25) is 5.95 Å². The number of nitrogens with one attached hydrogen (secondary N) is 2. The average molecular weight is 423 g/mol. The number of anilines is 1. The molecule has 0 unspecified atom stereocenters. The van der Waals surface area contributed by atoms with Crippen molar-refractivity contribution in [2.75, 3.05) is 45.0 Å². The van der Waals surface area contributed by atoms with Crippen LogP contribution in [-0.4, -0.2) is 74.2 Å². The monoisotopic (exact) mass is 422 g/mol. The largest absolute Gasteiger partial charge is 0.494 e. The van der Waals surface area contributed by atoms with E-state index in [1.807, 2.05) is 12.1 Å². The van der Waals surface area contributed by atoms with E-state index in [4.69, 9.17) is 9.47 Å². The maximum Gasteiger partial charge on any atom is 0.324 e. The highest BCUT2D eigenvalue weighted by Gasteiger charge is 2.33. The van der Waals surface area contributed by atoms with Crippen molar-refractivity contribution in [3.8, 4) is 5.75 Å². The molecule has 2 aromatic rings. The third-order valence-electron chi connectivity index (χ3n) is 5.78. The van der Waals surface area contributed by atoms with Gasteiger partial charge in [-0.15, -0.1) is 0 Å². The van der Waals surface area contributed by atoms with Crippen LogP contribution in [0.3, 0.4) is 0 Å². The lowest BCUT2D eigenvalue weighted by Crippen LogP contribution is -2.35. The van der Waals surface area contributed by atoms with Crippen molar-refractivity contribution in [2.24, 2.45) is 0 Å². The molecule has 0 spiro atoms. The number of likely N-dealkylation sites (tertiary alicyclic amines) is 1. The molecule has 0 aliphatic carbocycles. The predicted molar refractivity (Wildman–Crippen MR) is 109 cm³/mol. The van der Waals surface area contributed by atoms with Crippen LogP contribution in [0, 0.1) is 0 Å². The van der Waals surface area contributed by atoms with Crippen molar-refractivity contribution in [3.05, 3.63) is 17.7 Å². The number of aromatic amines is 1. The lowest BCUT2D eigenvalue weighted by molar-refractivity contribution is 0.0856. The fraction of sp³-hybridized carbons (Fsp3) is 0.579. The maximum absolute atomic E-state index is 12.6. The van der Waals surface area contributed by atoms with Gasteiger partial charge in [0.25, 0.3) is 0 Å². The van der Waals surface area contributed by atoms with E-state index in [2.05, 4.69) is 15.3 Å². The normalized spacial score (nSPS) is 20.9. The number of methoxy groups -OCH3 is 1. The van der Waals surface area contributed by atoms with Crippen molar-refractivity contribution >= 4 is 32.9 Å². The van der Waals surface area contributed by atoms with E-state index in [1.165, 1.54) is 11.2 Å². The Morgan fingerprint density at radius 3 is 2.72 bits per heavy atom. The van der Waals surface area contributed by atoms with Gasteiger partial charge in [-0.1, -0.05) is 6.07 Å². The maximum atomic E-state index is 12.6. The van der Waals surface area contributed by atoms with Crippen molar-refractivity contribution < 1.29 is 22.7 Å². The fourth-order valence-electron chi connectivity index (χ4n) is 4.10. The first-order valence-corrected chi connectivity index (χ1v) is 11.7.